The summed E-state index contributed by atoms with van der Waals surface area (Å²) in [6.07, 6.45) is 0.840. The van der Waals surface area contributed by atoms with Crippen LogP contribution in [0.15, 0.2) is 30.8 Å². The number of allylic oxidation sites excluding steroid dienone is 1. The summed E-state index contributed by atoms with van der Waals surface area (Å²) >= 11 is 0. The summed E-state index contributed by atoms with van der Waals surface area (Å²) in [7, 11) is 0. The van der Waals surface area contributed by atoms with E-state index in [1.54, 1.807) is 6.07 Å². The molecule has 0 bridgehead atoms. The second kappa shape index (κ2) is 3.15. The Morgan fingerprint density at radius 1 is 1.55 bits per heavy atom. The van der Waals surface area contributed by atoms with E-state index >= 15 is 0 Å². The van der Waals surface area contributed by atoms with Gasteiger partial charge in [-0.25, -0.2) is 0 Å². The molecule has 1 rings (SSSR count). The third-order valence-electron chi connectivity index (χ3n) is 1.52. The molecule has 0 amide bonds. The van der Waals surface area contributed by atoms with Crippen molar-refractivity contribution in [3.05, 3.63) is 42.0 Å². The van der Waals surface area contributed by atoms with Crippen LogP contribution in [0, 0.1) is 0 Å². The molecule has 0 unspecified atom stereocenters. The molecule has 0 aliphatic rings. The Morgan fingerprint density at radius 3 is 2.82 bits per heavy atom. The summed E-state index contributed by atoms with van der Waals surface area (Å²) in [4.78, 5) is 10.4. The zero-order chi connectivity index (χ0) is 8.27. The molecule has 1 nitrogen and oxygen atoms in total. The lowest BCUT2D eigenvalue weighted by Crippen LogP contribution is -1.82. The second-order valence-electron chi connectivity index (χ2n) is 2.52. The van der Waals surface area contributed by atoms with Crippen molar-refractivity contribution in [1.82, 2.24) is 0 Å². The Balaban J connectivity index is 3.10. The summed E-state index contributed by atoms with van der Waals surface area (Å²) in [6, 6.07) is 7.40. The van der Waals surface area contributed by atoms with Crippen LogP contribution < -0.4 is 0 Å². The van der Waals surface area contributed by atoms with Crippen LogP contribution in [0.25, 0.3) is 5.57 Å². The van der Waals surface area contributed by atoms with Crippen molar-refractivity contribution < 1.29 is 4.79 Å². The van der Waals surface area contributed by atoms with E-state index in [0.717, 1.165) is 17.4 Å². The Morgan fingerprint density at radius 2 is 2.27 bits per heavy atom. The summed E-state index contributed by atoms with van der Waals surface area (Å²) in [6.45, 7) is 5.71. The van der Waals surface area contributed by atoms with E-state index in [9.17, 15) is 4.79 Å². The molecule has 1 aromatic carbocycles. The first kappa shape index (κ1) is 7.73. The first-order valence-electron chi connectivity index (χ1n) is 3.45. The van der Waals surface area contributed by atoms with Crippen molar-refractivity contribution in [2.75, 3.05) is 0 Å². The molecule has 11 heavy (non-hydrogen) atoms. The molecule has 0 heterocycles. The van der Waals surface area contributed by atoms with Crippen LogP contribution >= 0.6 is 0 Å². The lowest BCUT2D eigenvalue weighted by molar-refractivity contribution is 0.112. The minimum atomic E-state index is 0.700. The molecule has 0 aromatic heterocycles. The van der Waals surface area contributed by atoms with Crippen LogP contribution in [0.2, 0.25) is 0 Å². The van der Waals surface area contributed by atoms with E-state index in [0.29, 0.717) is 5.56 Å². The molecule has 0 radical (unpaired) electrons. The summed E-state index contributed by atoms with van der Waals surface area (Å²) in [5.74, 6) is 0. The van der Waals surface area contributed by atoms with Crippen molar-refractivity contribution in [1.29, 1.82) is 0 Å². The third kappa shape index (κ3) is 1.77. The summed E-state index contributed by atoms with van der Waals surface area (Å²) < 4.78 is 0. The Labute approximate surface area is 66.4 Å². The number of hydrogen-bond acceptors (Lipinski definition) is 1. The highest BCUT2D eigenvalue weighted by molar-refractivity contribution is 5.77. The van der Waals surface area contributed by atoms with Crippen LogP contribution in [0.5, 0.6) is 0 Å². The fourth-order valence-electron chi connectivity index (χ4n) is 0.877. The van der Waals surface area contributed by atoms with E-state index in [1.165, 1.54) is 0 Å². The molecular formula is C10H10O. The fourth-order valence-corrected chi connectivity index (χ4v) is 0.877. The van der Waals surface area contributed by atoms with Crippen LogP contribution in [0.1, 0.15) is 22.8 Å². The number of rotatable bonds is 2. The van der Waals surface area contributed by atoms with Gasteiger partial charge in [0.1, 0.15) is 6.29 Å². The van der Waals surface area contributed by atoms with Gasteiger partial charge in [0.05, 0.1) is 0 Å². The Bertz CT molecular complexity index is 287. The highest BCUT2D eigenvalue weighted by Gasteiger charge is 1.93. The molecule has 0 saturated carbocycles. The molecule has 1 heteroatoms. The van der Waals surface area contributed by atoms with Crippen molar-refractivity contribution in [3.8, 4) is 0 Å². The maximum absolute atomic E-state index is 10.4. The number of hydrogen-bond donors (Lipinski definition) is 0. The van der Waals surface area contributed by atoms with E-state index in [2.05, 4.69) is 6.58 Å². The molecular weight excluding hydrogens is 136 g/mol. The minimum Gasteiger partial charge on any atom is -0.298 e. The normalized spacial score (nSPS) is 9.18. The maximum atomic E-state index is 10.4. The molecule has 0 spiro atoms. The van der Waals surface area contributed by atoms with Gasteiger partial charge in [0.15, 0.2) is 0 Å². The highest BCUT2D eigenvalue weighted by Crippen LogP contribution is 2.11. The fraction of sp³-hybridized carbons (Fsp3) is 0.100. The standard InChI is InChI=1S/C10H10O/c1-8(2)10-5-3-4-9(6-10)7-11/h3-7H,1H2,2H3. The lowest BCUT2D eigenvalue weighted by atomic mass is 10.1. The molecule has 0 saturated heterocycles. The maximum Gasteiger partial charge on any atom is 0.150 e. The van der Waals surface area contributed by atoms with Gasteiger partial charge in [0.2, 0.25) is 0 Å². The van der Waals surface area contributed by atoms with Crippen molar-refractivity contribution in [2.45, 2.75) is 6.92 Å². The van der Waals surface area contributed by atoms with Gasteiger partial charge in [-0.1, -0.05) is 30.4 Å². The van der Waals surface area contributed by atoms with E-state index in [1.807, 2.05) is 25.1 Å². The quantitative estimate of drug-likeness (QED) is 0.586. The van der Waals surface area contributed by atoms with Crippen LogP contribution in [-0.2, 0) is 0 Å². The lowest BCUT2D eigenvalue weighted by Gasteiger charge is -1.98. The van der Waals surface area contributed by atoms with E-state index < -0.39 is 0 Å². The van der Waals surface area contributed by atoms with Gasteiger partial charge in [0, 0.05) is 5.56 Å². The number of benzene rings is 1. The molecule has 0 fully saturated rings. The van der Waals surface area contributed by atoms with Gasteiger partial charge < -0.3 is 0 Å². The van der Waals surface area contributed by atoms with Gasteiger partial charge in [0.25, 0.3) is 0 Å². The number of carbonyl (C=O) groups excluding carboxylic acids is 1. The number of aldehydes is 1. The molecule has 56 valence electrons. The summed E-state index contributed by atoms with van der Waals surface area (Å²) in [5, 5.41) is 0. The molecule has 1 aromatic rings. The molecule has 0 atom stereocenters. The third-order valence-corrected chi connectivity index (χ3v) is 1.52. The Kier molecular flexibility index (Phi) is 2.21. The average molecular weight is 146 g/mol. The topological polar surface area (TPSA) is 17.1 Å². The second-order valence-corrected chi connectivity index (χ2v) is 2.52. The van der Waals surface area contributed by atoms with Crippen molar-refractivity contribution >= 4 is 11.9 Å². The monoisotopic (exact) mass is 146 g/mol. The van der Waals surface area contributed by atoms with Gasteiger partial charge in [-0.15, -0.1) is 0 Å². The van der Waals surface area contributed by atoms with E-state index in [4.69, 9.17) is 0 Å². The van der Waals surface area contributed by atoms with Crippen LogP contribution in [-0.4, -0.2) is 6.29 Å². The highest BCUT2D eigenvalue weighted by atomic mass is 16.1. The first-order chi connectivity index (χ1) is 5.24. The van der Waals surface area contributed by atoms with Gasteiger partial charge in [-0.3, -0.25) is 4.79 Å². The SMILES string of the molecule is C=C(C)c1cccc(C=O)c1. The van der Waals surface area contributed by atoms with Gasteiger partial charge >= 0.3 is 0 Å². The minimum absolute atomic E-state index is 0.700. The van der Waals surface area contributed by atoms with Crippen LogP contribution in [0.4, 0.5) is 0 Å². The average Bonchev–Trinajstić information content (AvgIpc) is 2.05. The largest absolute Gasteiger partial charge is 0.298 e. The van der Waals surface area contributed by atoms with Crippen molar-refractivity contribution in [2.24, 2.45) is 0 Å². The van der Waals surface area contributed by atoms with Gasteiger partial charge in [-0.2, -0.15) is 0 Å². The molecule has 0 aliphatic carbocycles. The number of carbonyl (C=O) groups is 1. The zero-order valence-corrected chi connectivity index (χ0v) is 6.50. The first-order valence-corrected chi connectivity index (χ1v) is 3.45. The van der Waals surface area contributed by atoms with Crippen molar-refractivity contribution in [3.63, 3.8) is 0 Å². The van der Waals surface area contributed by atoms with Gasteiger partial charge in [-0.05, 0) is 18.6 Å². The molecule has 0 aliphatic heterocycles. The Hall–Kier alpha value is -1.37. The smallest absolute Gasteiger partial charge is 0.150 e. The predicted octanol–water partition coefficient (Wildman–Crippen LogP) is 2.53. The van der Waals surface area contributed by atoms with Crippen LogP contribution in [0.3, 0.4) is 0 Å². The van der Waals surface area contributed by atoms with E-state index in [-0.39, 0.29) is 0 Å². The summed E-state index contributed by atoms with van der Waals surface area (Å²) in [5.41, 5.74) is 2.70. The molecule has 0 N–H and O–H groups in total. The predicted molar refractivity (Wildman–Crippen MR) is 46.5 cm³/mol. The zero-order valence-electron chi connectivity index (χ0n) is 6.50.